The van der Waals surface area contributed by atoms with Crippen LogP contribution in [0.2, 0.25) is 0 Å². The van der Waals surface area contributed by atoms with E-state index in [-0.39, 0.29) is 11.7 Å². The third-order valence-corrected chi connectivity index (χ3v) is 2.90. The Labute approximate surface area is 118 Å². The van der Waals surface area contributed by atoms with Gasteiger partial charge in [-0.2, -0.15) is 0 Å². The first-order chi connectivity index (χ1) is 9.49. The standard InChI is InChI=1S/C15H19FN4/c1-9(2)15-19-13(17-4)8-14(20-15)18-12-6-5-10(3)7-11(12)16/h5-9H,1-4H3,(H2,17,18,19,20). The maximum absolute atomic E-state index is 13.9. The number of hydrogen-bond acceptors (Lipinski definition) is 4. The molecule has 0 saturated carbocycles. The zero-order chi connectivity index (χ0) is 14.7. The van der Waals surface area contributed by atoms with Crippen LogP contribution in [0.4, 0.5) is 21.7 Å². The number of nitrogens with zero attached hydrogens (tertiary/aromatic N) is 2. The summed E-state index contributed by atoms with van der Waals surface area (Å²) in [4.78, 5) is 8.78. The van der Waals surface area contributed by atoms with Gasteiger partial charge in [0.05, 0.1) is 5.69 Å². The summed E-state index contributed by atoms with van der Waals surface area (Å²) < 4.78 is 13.9. The first-order valence-electron chi connectivity index (χ1n) is 6.59. The first kappa shape index (κ1) is 14.2. The molecule has 0 aliphatic rings. The van der Waals surface area contributed by atoms with Gasteiger partial charge in [0.1, 0.15) is 23.3 Å². The molecule has 2 rings (SSSR count). The molecule has 2 N–H and O–H groups in total. The highest BCUT2D eigenvalue weighted by molar-refractivity contribution is 5.60. The fourth-order valence-corrected chi connectivity index (χ4v) is 1.78. The molecule has 0 atom stereocenters. The first-order valence-corrected chi connectivity index (χ1v) is 6.59. The summed E-state index contributed by atoms with van der Waals surface area (Å²) in [6, 6.07) is 6.81. The summed E-state index contributed by atoms with van der Waals surface area (Å²) in [6.45, 7) is 5.89. The molecule has 0 aliphatic carbocycles. The summed E-state index contributed by atoms with van der Waals surface area (Å²) in [7, 11) is 1.79. The van der Waals surface area contributed by atoms with Crippen LogP contribution in [-0.2, 0) is 0 Å². The van der Waals surface area contributed by atoms with Crippen molar-refractivity contribution in [3.63, 3.8) is 0 Å². The molecule has 2 aromatic rings. The summed E-state index contributed by atoms with van der Waals surface area (Å²) in [5, 5.41) is 5.99. The van der Waals surface area contributed by atoms with Gasteiger partial charge >= 0.3 is 0 Å². The predicted molar refractivity (Wildman–Crippen MR) is 80.1 cm³/mol. The average molecular weight is 274 g/mol. The normalized spacial score (nSPS) is 10.7. The maximum Gasteiger partial charge on any atom is 0.146 e. The van der Waals surface area contributed by atoms with Gasteiger partial charge in [0, 0.05) is 19.0 Å². The molecule has 1 heterocycles. The lowest BCUT2D eigenvalue weighted by molar-refractivity contribution is 0.630. The fraction of sp³-hybridized carbons (Fsp3) is 0.333. The Kier molecular flexibility index (Phi) is 4.17. The highest BCUT2D eigenvalue weighted by Gasteiger charge is 2.09. The Morgan fingerprint density at radius 3 is 2.40 bits per heavy atom. The second-order valence-electron chi connectivity index (χ2n) is 5.01. The Bertz CT molecular complexity index is 611. The molecule has 1 aromatic heterocycles. The van der Waals surface area contributed by atoms with Crippen molar-refractivity contribution in [2.75, 3.05) is 17.7 Å². The number of anilines is 3. The number of aryl methyl sites for hydroxylation is 1. The largest absolute Gasteiger partial charge is 0.373 e. The molecule has 0 unspecified atom stereocenters. The summed E-state index contributed by atoms with van der Waals surface area (Å²) in [5.74, 6) is 1.91. The molecule has 5 heteroatoms. The van der Waals surface area contributed by atoms with E-state index in [4.69, 9.17) is 0 Å². The van der Waals surface area contributed by atoms with E-state index in [1.807, 2.05) is 26.8 Å². The predicted octanol–water partition coefficient (Wildman–Crippen LogP) is 3.83. The Morgan fingerprint density at radius 1 is 1.10 bits per heavy atom. The molecule has 20 heavy (non-hydrogen) atoms. The highest BCUT2D eigenvalue weighted by atomic mass is 19.1. The van der Waals surface area contributed by atoms with E-state index in [0.717, 1.165) is 5.56 Å². The van der Waals surface area contributed by atoms with Crippen LogP contribution in [0.25, 0.3) is 0 Å². The van der Waals surface area contributed by atoms with Crippen LogP contribution in [0.15, 0.2) is 24.3 Å². The molecule has 106 valence electrons. The van der Waals surface area contributed by atoms with E-state index < -0.39 is 0 Å². The summed E-state index contributed by atoms with van der Waals surface area (Å²) in [5.41, 5.74) is 1.29. The van der Waals surface area contributed by atoms with Gasteiger partial charge in [0.2, 0.25) is 0 Å². The van der Waals surface area contributed by atoms with E-state index >= 15 is 0 Å². The fourth-order valence-electron chi connectivity index (χ4n) is 1.78. The van der Waals surface area contributed by atoms with Gasteiger partial charge in [-0.25, -0.2) is 14.4 Å². The lowest BCUT2D eigenvalue weighted by atomic mass is 10.2. The highest BCUT2D eigenvalue weighted by Crippen LogP contribution is 2.22. The molecule has 4 nitrogen and oxygen atoms in total. The number of hydrogen-bond donors (Lipinski definition) is 2. The minimum atomic E-state index is -0.291. The average Bonchev–Trinajstić information content (AvgIpc) is 2.41. The monoisotopic (exact) mass is 274 g/mol. The van der Waals surface area contributed by atoms with Crippen molar-refractivity contribution in [1.29, 1.82) is 0 Å². The van der Waals surface area contributed by atoms with E-state index in [1.165, 1.54) is 6.07 Å². The van der Waals surface area contributed by atoms with E-state index in [1.54, 1.807) is 19.2 Å². The number of rotatable bonds is 4. The van der Waals surface area contributed by atoms with Gasteiger partial charge < -0.3 is 10.6 Å². The van der Waals surface area contributed by atoms with E-state index in [9.17, 15) is 4.39 Å². The van der Waals surface area contributed by atoms with Crippen LogP contribution in [0.1, 0.15) is 31.2 Å². The maximum atomic E-state index is 13.9. The third-order valence-electron chi connectivity index (χ3n) is 2.90. The summed E-state index contributed by atoms with van der Waals surface area (Å²) >= 11 is 0. The second-order valence-corrected chi connectivity index (χ2v) is 5.01. The van der Waals surface area contributed by atoms with Crippen molar-refractivity contribution in [2.24, 2.45) is 0 Å². The smallest absolute Gasteiger partial charge is 0.146 e. The minimum absolute atomic E-state index is 0.201. The molecule has 0 aliphatic heterocycles. The van der Waals surface area contributed by atoms with Gasteiger partial charge in [-0.05, 0) is 24.6 Å². The van der Waals surface area contributed by atoms with Gasteiger partial charge in [-0.15, -0.1) is 0 Å². The number of halogens is 1. The zero-order valence-corrected chi connectivity index (χ0v) is 12.2. The van der Waals surface area contributed by atoms with Crippen LogP contribution >= 0.6 is 0 Å². The molecule has 0 spiro atoms. The molecule has 1 aromatic carbocycles. The Morgan fingerprint density at radius 2 is 1.80 bits per heavy atom. The molecular weight excluding hydrogens is 255 g/mol. The quantitative estimate of drug-likeness (QED) is 0.889. The second kappa shape index (κ2) is 5.86. The molecule has 0 amide bonds. The molecular formula is C15H19FN4. The molecule has 0 bridgehead atoms. The van der Waals surface area contributed by atoms with Crippen molar-refractivity contribution in [3.8, 4) is 0 Å². The molecule has 0 radical (unpaired) electrons. The lowest BCUT2D eigenvalue weighted by Gasteiger charge is -2.12. The third kappa shape index (κ3) is 3.23. The Balaban J connectivity index is 2.34. The zero-order valence-electron chi connectivity index (χ0n) is 12.2. The van der Waals surface area contributed by atoms with Crippen LogP contribution < -0.4 is 10.6 Å². The van der Waals surface area contributed by atoms with Crippen LogP contribution in [0, 0.1) is 12.7 Å². The molecule has 0 saturated heterocycles. The van der Waals surface area contributed by atoms with Crippen molar-refractivity contribution in [3.05, 3.63) is 41.5 Å². The van der Waals surface area contributed by atoms with E-state index in [0.29, 0.717) is 23.1 Å². The van der Waals surface area contributed by atoms with Crippen molar-refractivity contribution in [1.82, 2.24) is 9.97 Å². The van der Waals surface area contributed by atoms with Gasteiger partial charge in [0.15, 0.2) is 0 Å². The lowest BCUT2D eigenvalue weighted by Crippen LogP contribution is -2.05. The summed E-state index contributed by atoms with van der Waals surface area (Å²) in [6.07, 6.45) is 0. The van der Waals surface area contributed by atoms with E-state index in [2.05, 4.69) is 20.6 Å². The van der Waals surface area contributed by atoms with Crippen LogP contribution in [0.3, 0.4) is 0 Å². The Hall–Kier alpha value is -2.17. The van der Waals surface area contributed by atoms with Gasteiger partial charge in [-0.1, -0.05) is 19.9 Å². The SMILES string of the molecule is CNc1cc(Nc2ccc(C)cc2F)nc(C(C)C)n1. The van der Waals surface area contributed by atoms with Crippen molar-refractivity contribution >= 4 is 17.3 Å². The van der Waals surface area contributed by atoms with Crippen LogP contribution in [0.5, 0.6) is 0 Å². The number of aromatic nitrogens is 2. The van der Waals surface area contributed by atoms with Gasteiger partial charge in [-0.3, -0.25) is 0 Å². The van der Waals surface area contributed by atoms with Crippen LogP contribution in [-0.4, -0.2) is 17.0 Å². The number of nitrogens with one attached hydrogen (secondary N) is 2. The van der Waals surface area contributed by atoms with Gasteiger partial charge in [0.25, 0.3) is 0 Å². The van der Waals surface area contributed by atoms with Crippen molar-refractivity contribution < 1.29 is 4.39 Å². The van der Waals surface area contributed by atoms with Crippen molar-refractivity contribution in [2.45, 2.75) is 26.7 Å². The number of benzene rings is 1. The molecule has 0 fully saturated rings. The minimum Gasteiger partial charge on any atom is -0.373 e. The topological polar surface area (TPSA) is 49.8 Å².